The first-order chi connectivity index (χ1) is 12.6. The lowest BCUT2D eigenvalue weighted by molar-refractivity contribution is 0.0119. The summed E-state index contributed by atoms with van der Waals surface area (Å²) in [7, 11) is -3.97. The number of carbonyl (C=O) groups is 1. The van der Waals surface area contributed by atoms with Gasteiger partial charge in [-0.05, 0) is 43.2 Å². The van der Waals surface area contributed by atoms with Gasteiger partial charge in [0.1, 0.15) is 0 Å². The van der Waals surface area contributed by atoms with E-state index in [1.165, 1.54) is 30.3 Å². The molecule has 0 spiro atoms. The summed E-state index contributed by atoms with van der Waals surface area (Å²) >= 11 is 0. The van der Waals surface area contributed by atoms with E-state index in [4.69, 9.17) is 5.73 Å². The molecule has 0 bridgehead atoms. The van der Waals surface area contributed by atoms with Crippen molar-refractivity contribution in [2.75, 3.05) is 17.8 Å². The smallest absolute Gasteiger partial charge is 0.277 e. The van der Waals surface area contributed by atoms with Crippen molar-refractivity contribution in [2.45, 2.75) is 24.7 Å². The van der Waals surface area contributed by atoms with Crippen molar-refractivity contribution in [1.29, 1.82) is 0 Å². The number of benzene rings is 2. The zero-order chi connectivity index (χ0) is 20.2. The van der Waals surface area contributed by atoms with Crippen molar-refractivity contribution in [3.8, 4) is 0 Å². The first kappa shape index (κ1) is 20.8. The number of carbonyl (C=O) groups excluding carboxylic acids is 1. The molecule has 0 aliphatic carbocycles. The van der Waals surface area contributed by atoms with Crippen LogP contribution in [0.25, 0.3) is 0 Å². The molecule has 0 unspecified atom stereocenters. The molecule has 0 saturated carbocycles. The third kappa shape index (κ3) is 5.24. The number of anilines is 1. The number of halogens is 2. The summed E-state index contributed by atoms with van der Waals surface area (Å²) in [4.78, 5) is 12.3. The van der Waals surface area contributed by atoms with Crippen LogP contribution in [0.2, 0.25) is 0 Å². The third-order valence-corrected chi connectivity index (χ3v) is 5.36. The predicted molar refractivity (Wildman–Crippen MR) is 99.5 cm³/mol. The van der Waals surface area contributed by atoms with Gasteiger partial charge in [0.25, 0.3) is 21.9 Å². The van der Waals surface area contributed by atoms with Crippen LogP contribution < -0.4 is 15.8 Å². The topological polar surface area (TPSA) is 101 Å². The molecule has 2 aromatic carbocycles. The van der Waals surface area contributed by atoms with E-state index in [1.54, 1.807) is 26.0 Å². The Balaban J connectivity index is 2.30. The van der Waals surface area contributed by atoms with Crippen molar-refractivity contribution < 1.29 is 22.0 Å². The number of hydrogen-bond acceptors (Lipinski definition) is 4. The highest BCUT2D eigenvalue weighted by molar-refractivity contribution is 7.92. The number of amides is 1. The molecular weight excluding hydrogens is 376 g/mol. The van der Waals surface area contributed by atoms with E-state index < -0.39 is 34.9 Å². The Bertz CT molecular complexity index is 947. The summed E-state index contributed by atoms with van der Waals surface area (Å²) < 4.78 is 54.3. The summed E-state index contributed by atoms with van der Waals surface area (Å²) in [5.41, 5.74) is 6.16. The highest BCUT2D eigenvalue weighted by Gasteiger charge is 2.28. The van der Waals surface area contributed by atoms with E-state index in [0.717, 1.165) is 5.56 Å². The lowest BCUT2D eigenvalue weighted by atomic mass is 10.1. The van der Waals surface area contributed by atoms with Gasteiger partial charge in [0.05, 0.1) is 29.2 Å². The number of sulfonamides is 1. The van der Waals surface area contributed by atoms with Crippen LogP contribution in [0.3, 0.4) is 0 Å². The maximum atomic E-state index is 13.3. The van der Waals surface area contributed by atoms with E-state index in [-0.39, 0.29) is 16.1 Å². The molecule has 146 valence electrons. The zero-order valence-corrected chi connectivity index (χ0v) is 15.7. The first-order valence-electron chi connectivity index (χ1n) is 8.11. The number of para-hydroxylation sites is 1. The SMILES string of the molecule is Cc1ccc(C)c(S(=O)(=O)Nc2ccccc2C(=O)NCC(F)(F)CN)c1. The van der Waals surface area contributed by atoms with Gasteiger partial charge in [0.15, 0.2) is 0 Å². The molecule has 0 saturated heterocycles. The van der Waals surface area contributed by atoms with Gasteiger partial charge in [-0.15, -0.1) is 0 Å². The van der Waals surface area contributed by atoms with E-state index in [9.17, 15) is 22.0 Å². The fourth-order valence-corrected chi connectivity index (χ4v) is 3.75. The Hall–Kier alpha value is -2.52. The summed E-state index contributed by atoms with van der Waals surface area (Å²) in [6.07, 6.45) is 0. The molecule has 0 aliphatic rings. The zero-order valence-electron chi connectivity index (χ0n) is 14.9. The first-order valence-corrected chi connectivity index (χ1v) is 9.59. The normalized spacial score (nSPS) is 11.9. The van der Waals surface area contributed by atoms with E-state index >= 15 is 0 Å². The number of aryl methyl sites for hydroxylation is 2. The second kappa shape index (κ2) is 8.01. The molecule has 2 aromatic rings. The van der Waals surface area contributed by atoms with Crippen LogP contribution in [0.15, 0.2) is 47.4 Å². The van der Waals surface area contributed by atoms with E-state index in [0.29, 0.717) is 5.56 Å². The maximum absolute atomic E-state index is 13.3. The standard InChI is InChI=1S/C18H21F2N3O3S/c1-12-7-8-13(2)16(9-12)27(25,26)23-15-6-4-3-5-14(15)17(24)22-11-18(19,20)10-21/h3-9,23H,10-11,21H2,1-2H3,(H,22,24). The monoisotopic (exact) mass is 397 g/mol. The van der Waals surface area contributed by atoms with Crippen LogP contribution in [0.5, 0.6) is 0 Å². The van der Waals surface area contributed by atoms with Crippen LogP contribution in [0, 0.1) is 13.8 Å². The Morgan fingerprint density at radius 2 is 1.81 bits per heavy atom. The van der Waals surface area contributed by atoms with Gasteiger partial charge in [-0.1, -0.05) is 24.3 Å². The molecule has 0 aliphatic heterocycles. The number of nitrogens with two attached hydrogens (primary N) is 1. The number of hydrogen-bond donors (Lipinski definition) is 3. The molecule has 0 fully saturated rings. The van der Waals surface area contributed by atoms with Crippen molar-refractivity contribution in [3.63, 3.8) is 0 Å². The fourth-order valence-electron chi connectivity index (χ4n) is 2.34. The Kier molecular flexibility index (Phi) is 6.17. The van der Waals surface area contributed by atoms with Crippen molar-refractivity contribution in [2.24, 2.45) is 5.73 Å². The predicted octanol–water partition coefficient (Wildman–Crippen LogP) is 2.43. The highest BCUT2D eigenvalue weighted by atomic mass is 32.2. The minimum absolute atomic E-state index is 0.00743. The van der Waals surface area contributed by atoms with Crippen LogP contribution in [0.1, 0.15) is 21.5 Å². The summed E-state index contributed by atoms with van der Waals surface area (Å²) in [6.45, 7) is 1.56. The van der Waals surface area contributed by atoms with Crippen LogP contribution in [-0.4, -0.2) is 33.3 Å². The average molecular weight is 397 g/mol. The van der Waals surface area contributed by atoms with Crippen LogP contribution in [-0.2, 0) is 10.0 Å². The molecule has 2 rings (SSSR count). The quantitative estimate of drug-likeness (QED) is 0.668. The molecule has 6 nitrogen and oxygen atoms in total. The molecule has 27 heavy (non-hydrogen) atoms. The lowest BCUT2D eigenvalue weighted by Crippen LogP contribution is -2.41. The van der Waals surface area contributed by atoms with Crippen molar-refractivity contribution in [3.05, 3.63) is 59.2 Å². The minimum Gasteiger partial charge on any atom is -0.346 e. The molecule has 0 radical (unpaired) electrons. The van der Waals surface area contributed by atoms with Crippen molar-refractivity contribution in [1.82, 2.24) is 5.32 Å². The molecule has 9 heteroatoms. The number of nitrogens with one attached hydrogen (secondary N) is 2. The minimum atomic E-state index is -3.97. The van der Waals surface area contributed by atoms with Gasteiger partial charge in [0.2, 0.25) is 0 Å². The van der Waals surface area contributed by atoms with E-state index in [2.05, 4.69) is 10.0 Å². The Morgan fingerprint density at radius 1 is 1.15 bits per heavy atom. The van der Waals surface area contributed by atoms with Crippen LogP contribution in [0.4, 0.5) is 14.5 Å². The van der Waals surface area contributed by atoms with Gasteiger partial charge >= 0.3 is 0 Å². The molecular formula is C18H21F2N3O3S. The second-order valence-corrected chi connectivity index (χ2v) is 7.81. The lowest BCUT2D eigenvalue weighted by Gasteiger charge is -2.17. The van der Waals surface area contributed by atoms with Crippen molar-refractivity contribution >= 4 is 21.6 Å². The largest absolute Gasteiger partial charge is 0.346 e. The number of alkyl halides is 2. The molecule has 0 aromatic heterocycles. The second-order valence-electron chi connectivity index (χ2n) is 6.16. The molecule has 4 N–H and O–H groups in total. The summed E-state index contributed by atoms with van der Waals surface area (Å²) in [5.74, 6) is -4.08. The maximum Gasteiger partial charge on any atom is 0.277 e. The fraction of sp³-hybridized carbons (Fsp3) is 0.278. The van der Waals surface area contributed by atoms with Gasteiger partial charge in [0, 0.05) is 0 Å². The Labute approximate surface area is 156 Å². The van der Waals surface area contributed by atoms with Crippen LogP contribution >= 0.6 is 0 Å². The molecule has 0 heterocycles. The molecule has 0 atom stereocenters. The Morgan fingerprint density at radius 3 is 2.48 bits per heavy atom. The molecule has 1 amide bonds. The summed E-state index contributed by atoms with van der Waals surface area (Å²) in [6, 6.07) is 10.8. The van der Waals surface area contributed by atoms with E-state index in [1.807, 2.05) is 0 Å². The number of rotatable bonds is 7. The van der Waals surface area contributed by atoms with Gasteiger partial charge in [-0.25, -0.2) is 17.2 Å². The van der Waals surface area contributed by atoms with Gasteiger partial charge in [-0.3, -0.25) is 9.52 Å². The van der Waals surface area contributed by atoms with Gasteiger partial charge < -0.3 is 11.1 Å². The van der Waals surface area contributed by atoms with Gasteiger partial charge in [-0.2, -0.15) is 0 Å². The third-order valence-electron chi connectivity index (χ3n) is 3.86. The highest BCUT2D eigenvalue weighted by Crippen LogP contribution is 2.23. The average Bonchev–Trinajstić information content (AvgIpc) is 2.62. The summed E-state index contributed by atoms with van der Waals surface area (Å²) in [5, 5.41) is 2.07.